The summed E-state index contributed by atoms with van der Waals surface area (Å²) in [5.74, 6) is 0.686. The number of pyridine rings is 1. The Balaban J connectivity index is 2.15. The Kier molecular flexibility index (Phi) is 2.74. The molecule has 92 valence electrons. The Morgan fingerprint density at radius 3 is 2.71 bits per heavy atom. The third-order valence-electron chi connectivity index (χ3n) is 3.19. The molecule has 1 saturated heterocycles. The zero-order valence-corrected chi connectivity index (χ0v) is 9.88. The summed E-state index contributed by atoms with van der Waals surface area (Å²) in [7, 11) is 0. The van der Waals surface area contributed by atoms with Crippen LogP contribution in [0, 0.1) is 17.0 Å². The van der Waals surface area contributed by atoms with Gasteiger partial charge in [0, 0.05) is 19.2 Å². The van der Waals surface area contributed by atoms with E-state index in [1.54, 1.807) is 13.0 Å². The molecular weight excluding hydrogens is 222 g/mol. The first kappa shape index (κ1) is 11.8. The molecule has 0 saturated carbocycles. The van der Waals surface area contributed by atoms with E-state index >= 15 is 0 Å². The van der Waals surface area contributed by atoms with Crippen LogP contribution < -0.4 is 4.90 Å². The summed E-state index contributed by atoms with van der Waals surface area (Å²) in [6.45, 7) is 4.63. The van der Waals surface area contributed by atoms with Crippen LogP contribution in [-0.4, -0.2) is 33.7 Å². The normalized spacial score (nSPS) is 17.7. The van der Waals surface area contributed by atoms with E-state index in [0.29, 0.717) is 31.0 Å². The predicted octanol–water partition coefficient (Wildman–Crippen LogP) is 1.26. The standard InChI is InChI=1S/C11H15N3O3/c1-3-11(15)6-13(7-11)10-5-4-9(14(16)17)8(2)12-10/h4-5,15H,3,6-7H2,1-2H3. The van der Waals surface area contributed by atoms with E-state index in [1.807, 2.05) is 11.8 Å². The molecule has 0 unspecified atom stereocenters. The van der Waals surface area contributed by atoms with Gasteiger partial charge < -0.3 is 10.0 Å². The molecule has 6 heteroatoms. The third-order valence-corrected chi connectivity index (χ3v) is 3.19. The minimum Gasteiger partial charge on any atom is -0.386 e. The number of hydrogen-bond donors (Lipinski definition) is 1. The zero-order chi connectivity index (χ0) is 12.6. The molecule has 1 aromatic heterocycles. The van der Waals surface area contributed by atoms with Crippen LogP contribution in [0.15, 0.2) is 12.1 Å². The smallest absolute Gasteiger partial charge is 0.290 e. The van der Waals surface area contributed by atoms with E-state index in [1.165, 1.54) is 6.07 Å². The van der Waals surface area contributed by atoms with Gasteiger partial charge in [0.1, 0.15) is 11.5 Å². The van der Waals surface area contributed by atoms with Crippen molar-refractivity contribution < 1.29 is 10.0 Å². The summed E-state index contributed by atoms with van der Waals surface area (Å²) in [6.07, 6.45) is 0.704. The highest BCUT2D eigenvalue weighted by molar-refractivity contribution is 5.49. The van der Waals surface area contributed by atoms with Crippen LogP contribution in [0.2, 0.25) is 0 Å². The fourth-order valence-electron chi connectivity index (χ4n) is 1.96. The molecule has 0 atom stereocenters. The first-order valence-electron chi connectivity index (χ1n) is 5.54. The second kappa shape index (κ2) is 3.96. The number of nitrogens with zero attached hydrogens (tertiary/aromatic N) is 3. The molecule has 0 aliphatic carbocycles. The lowest BCUT2D eigenvalue weighted by Gasteiger charge is -2.46. The van der Waals surface area contributed by atoms with Gasteiger partial charge in [-0.25, -0.2) is 4.98 Å². The largest absolute Gasteiger partial charge is 0.386 e. The number of anilines is 1. The molecule has 1 N–H and O–H groups in total. The first-order chi connectivity index (χ1) is 7.95. The van der Waals surface area contributed by atoms with E-state index < -0.39 is 10.5 Å². The van der Waals surface area contributed by atoms with Crippen molar-refractivity contribution in [1.29, 1.82) is 0 Å². The van der Waals surface area contributed by atoms with Crippen LogP contribution in [0.5, 0.6) is 0 Å². The SMILES string of the molecule is CCC1(O)CN(c2ccc([N+](=O)[O-])c(C)n2)C1. The summed E-state index contributed by atoms with van der Waals surface area (Å²) in [5.41, 5.74) is -0.198. The van der Waals surface area contributed by atoms with Gasteiger partial charge in [0.2, 0.25) is 0 Å². The zero-order valence-electron chi connectivity index (χ0n) is 9.88. The molecule has 0 spiro atoms. The summed E-state index contributed by atoms with van der Waals surface area (Å²) < 4.78 is 0. The molecular formula is C11H15N3O3. The van der Waals surface area contributed by atoms with Gasteiger partial charge in [0.05, 0.1) is 10.5 Å². The highest BCUT2D eigenvalue weighted by Gasteiger charge is 2.40. The van der Waals surface area contributed by atoms with Gasteiger partial charge in [-0.15, -0.1) is 0 Å². The molecule has 1 fully saturated rings. The first-order valence-corrected chi connectivity index (χ1v) is 5.54. The topological polar surface area (TPSA) is 79.5 Å². The summed E-state index contributed by atoms with van der Waals surface area (Å²) >= 11 is 0. The van der Waals surface area contributed by atoms with E-state index in [-0.39, 0.29) is 5.69 Å². The van der Waals surface area contributed by atoms with Crippen molar-refractivity contribution in [2.45, 2.75) is 25.9 Å². The Morgan fingerprint density at radius 1 is 1.59 bits per heavy atom. The number of nitro groups is 1. The molecule has 1 aliphatic heterocycles. The minimum absolute atomic E-state index is 0.0278. The Hall–Kier alpha value is -1.69. The number of aromatic nitrogens is 1. The molecule has 0 bridgehead atoms. The van der Waals surface area contributed by atoms with Crippen LogP contribution in [-0.2, 0) is 0 Å². The van der Waals surface area contributed by atoms with Crippen LogP contribution in [0.4, 0.5) is 11.5 Å². The number of hydrogen-bond acceptors (Lipinski definition) is 5. The highest BCUT2D eigenvalue weighted by atomic mass is 16.6. The summed E-state index contributed by atoms with van der Waals surface area (Å²) in [5, 5.41) is 20.5. The third kappa shape index (κ3) is 2.08. The van der Waals surface area contributed by atoms with Crippen molar-refractivity contribution in [2.24, 2.45) is 0 Å². The average molecular weight is 237 g/mol. The molecule has 0 radical (unpaired) electrons. The maximum Gasteiger partial charge on any atom is 0.290 e. The van der Waals surface area contributed by atoms with Crippen molar-refractivity contribution >= 4 is 11.5 Å². The molecule has 2 heterocycles. The van der Waals surface area contributed by atoms with Crippen LogP contribution in [0.1, 0.15) is 19.0 Å². The highest BCUT2D eigenvalue weighted by Crippen LogP contribution is 2.30. The number of aliphatic hydroxyl groups is 1. The number of aryl methyl sites for hydroxylation is 1. The van der Waals surface area contributed by atoms with Gasteiger partial charge in [-0.05, 0) is 19.4 Å². The molecule has 0 amide bonds. The van der Waals surface area contributed by atoms with Gasteiger partial charge in [-0.2, -0.15) is 0 Å². The van der Waals surface area contributed by atoms with E-state index in [0.717, 1.165) is 0 Å². The van der Waals surface area contributed by atoms with Gasteiger partial charge in [0.15, 0.2) is 0 Å². The van der Waals surface area contributed by atoms with Crippen LogP contribution in [0.3, 0.4) is 0 Å². The second-order valence-corrected chi connectivity index (χ2v) is 4.47. The number of rotatable bonds is 3. The van der Waals surface area contributed by atoms with E-state index in [2.05, 4.69) is 4.98 Å². The summed E-state index contributed by atoms with van der Waals surface area (Å²) in [4.78, 5) is 16.3. The lowest BCUT2D eigenvalue weighted by molar-refractivity contribution is -0.385. The molecule has 0 aromatic carbocycles. The molecule has 6 nitrogen and oxygen atoms in total. The van der Waals surface area contributed by atoms with Crippen molar-refractivity contribution in [3.05, 3.63) is 27.9 Å². The molecule has 1 aliphatic rings. The monoisotopic (exact) mass is 237 g/mol. The van der Waals surface area contributed by atoms with Crippen LogP contribution >= 0.6 is 0 Å². The Labute approximate surface area is 99.0 Å². The van der Waals surface area contributed by atoms with Crippen molar-refractivity contribution in [3.8, 4) is 0 Å². The van der Waals surface area contributed by atoms with Gasteiger partial charge in [0.25, 0.3) is 5.69 Å². The van der Waals surface area contributed by atoms with Gasteiger partial charge >= 0.3 is 0 Å². The fraction of sp³-hybridized carbons (Fsp3) is 0.545. The fourth-order valence-corrected chi connectivity index (χ4v) is 1.96. The molecule has 2 rings (SSSR count). The van der Waals surface area contributed by atoms with E-state index in [9.17, 15) is 15.2 Å². The Bertz CT molecular complexity index is 455. The lowest BCUT2D eigenvalue weighted by Crippen LogP contribution is -2.61. The second-order valence-electron chi connectivity index (χ2n) is 4.47. The van der Waals surface area contributed by atoms with Crippen molar-refractivity contribution in [2.75, 3.05) is 18.0 Å². The Morgan fingerprint density at radius 2 is 2.24 bits per heavy atom. The average Bonchev–Trinajstić information content (AvgIpc) is 2.24. The molecule has 1 aromatic rings. The number of β-amino-alcohol motifs (C(OH)–C–C–N with tert-alkyl or cyclic N) is 1. The predicted molar refractivity (Wildman–Crippen MR) is 63.1 cm³/mol. The molecule has 17 heavy (non-hydrogen) atoms. The van der Waals surface area contributed by atoms with Crippen molar-refractivity contribution in [3.63, 3.8) is 0 Å². The van der Waals surface area contributed by atoms with Gasteiger partial charge in [-0.3, -0.25) is 10.1 Å². The maximum absolute atomic E-state index is 10.6. The maximum atomic E-state index is 10.6. The van der Waals surface area contributed by atoms with Crippen LogP contribution in [0.25, 0.3) is 0 Å². The lowest BCUT2D eigenvalue weighted by atomic mass is 9.91. The minimum atomic E-state index is -0.628. The summed E-state index contributed by atoms with van der Waals surface area (Å²) in [6, 6.07) is 3.08. The van der Waals surface area contributed by atoms with E-state index in [4.69, 9.17) is 0 Å². The quantitative estimate of drug-likeness (QED) is 0.632. The van der Waals surface area contributed by atoms with Gasteiger partial charge in [-0.1, -0.05) is 6.92 Å². The van der Waals surface area contributed by atoms with Crippen molar-refractivity contribution in [1.82, 2.24) is 4.98 Å².